The Bertz CT molecular complexity index is 893. The van der Waals surface area contributed by atoms with Crippen molar-refractivity contribution in [3.8, 4) is 5.75 Å². The highest BCUT2D eigenvalue weighted by Crippen LogP contribution is 2.28. The normalized spacial score (nSPS) is 23.3. The maximum atomic E-state index is 10.7. The molecule has 2 fully saturated rings. The van der Waals surface area contributed by atoms with Crippen LogP contribution in [0.5, 0.6) is 5.75 Å². The summed E-state index contributed by atoms with van der Waals surface area (Å²) in [6.45, 7) is 1.32. The summed E-state index contributed by atoms with van der Waals surface area (Å²) in [5, 5.41) is 24.5. The molecule has 2 aliphatic heterocycles. The maximum absolute atomic E-state index is 10.7. The number of hydrogen-bond acceptors (Lipinski definition) is 6. The Morgan fingerprint density at radius 1 is 0.909 bits per heavy atom. The SMILES string of the molecule is Cl.Cl.O=C(O)[C@@H]1CC(Oc2cccc(Cl)c2)CN1.O=C(O)[C@@H]1CC(Sc2ccccc2)CN1. The fourth-order valence-corrected chi connectivity index (χ4v) is 4.73. The fourth-order valence-electron chi connectivity index (χ4n) is 3.39. The first kappa shape index (κ1) is 29.4. The third-order valence-electron chi connectivity index (χ3n) is 4.92. The number of hydrogen-bond donors (Lipinski definition) is 4. The number of carboxylic acids is 2. The van der Waals surface area contributed by atoms with Gasteiger partial charge in [0.15, 0.2) is 0 Å². The van der Waals surface area contributed by atoms with Crippen LogP contribution >= 0.6 is 48.2 Å². The summed E-state index contributed by atoms with van der Waals surface area (Å²) < 4.78 is 5.63. The first-order valence-corrected chi connectivity index (χ1v) is 11.2. The Hall–Kier alpha value is -1.68. The van der Waals surface area contributed by atoms with Gasteiger partial charge in [0.1, 0.15) is 23.9 Å². The smallest absolute Gasteiger partial charge is 0.320 e. The van der Waals surface area contributed by atoms with Gasteiger partial charge < -0.3 is 25.6 Å². The van der Waals surface area contributed by atoms with Gasteiger partial charge in [0.05, 0.1) is 0 Å². The minimum atomic E-state index is -0.836. The summed E-state index contributed by atoms with van der Waals surface area (Å²) in [5.74, 6) is -0.909. The van der Waals surface area contributed by atoms with Gasteiger partial charge in [0.25, 0.3) is 0 Å². The lowest BCUT2D eigenvalue weighted by Crippen LogP contribution is -2.30. The zero-order chi connectivity index (χ0) is 22.2. The van der Waals surface area contributed by atoms with Crippen molar-refractivity contribution in [3.05, 3.63) is 59.6 Å². The van der Waals surface area contributed by atoms with Crippen LogP contribution < -0.4 is 15.4 Å². The number of halogens is 3. The van der Waals surface area contributed by atoms with E-state index < -0.39 is 18.0 Å². The fraction of sp³-hybridized carbons (Fsp3) is 0.364. The molecule has 0 aromatic heterocycles. The summed E-state index contributed by atoms with van der Waals surface area (Å²) in [6, 6.07) is 16.3. The van der Waals surface area contributed by atoms with Gasteiger partial charge in [-0.15, -0.1) is 36.6 Å². The van der Waals surface area contributed by atoms with Crippen LogP contribution in [0, 0.1) is 0 Å². The lowest BCUT2D eigenvalue weighted by molar-refractivity contribution is -0.140. The molecular formula is C22H27Cl3N2O5S. The van der Waals surface area contributed by atoms with Gasteiger partial charge in [-0.2, -0.15) is 0 Å². The van der Waals surface area contributed by atoms with Crippen LogP contribution in [0.4, 0.5) is 0 Å². The molecule has 0 aliphatic carbocycles. The zero-order valence-electron chi connectivity index (χ0n) is 17.6. The van der Waals surface area contributed by atoms with Crippen LogP contribution in [0.15, 0.2) is 59.5 Å². The van der Waals surface area contributed by atoms with Gasteiger partial charge in [0, 0.05) is 34.7 Å². The average Bonchev–Trinajstić information content (AvgIpc) is 3.39. The number of ether oxygens (including phenoxy) is 1. The molecule has 2 heterocycles. The van der Waals surface area contributed by atoms with Crippen LogP contribution in [0.2, 0.25) is 5.02 Å². The van der Waals surface area contributed by atoms with Gasteiger partial charge in [-0.1, -0.05) is 35.9 Å². The van der Waals surface area contributed by atoms with Gasteiger partial charge in [-0.25, -0.2) is 0 Å². The van der Waals surface area contributed by atoms with E-state index in [1.54, 1.807) is 36.0 Å². The second kappa shape index (κ2) is 14.6. The molecule has 4 N–H and O–H groups in total. The van der Waals surface area contributed by atoms with Gasteiger partial charge in [-0.3, -0.25) is 9.59 Å². The number of carbonyl (C=O) groups is 2. The highest BCUT2D eigenvalue weighted by atomic mass is 35.5. The first-order chi connectivity index (χ1) is 14.9. The van der Waals surface area contributed by atoms with E-state index in [1.165, 1.54) is 4.90 Å². The van der Waals surface area contributed by atoms with Crippen molar-refractivity contribution >= 4 is 60.1 Å². The van der Waals surface area contributed by atoms with Crippen LogP contribution in [0.1, 0.15) is 12.8 Å². The van der Waals surface area contributed by atoms with E-state index in [4.69, 9.17) is 26.6 Å². The largest absolute Gasteiger partial charge is 0.489 e. The van der Waals surface area contributed by atoms with Crippen molar-refractivity contribution < 1.29 is 24.5 Å². The monoisotopic (exact) mass is 536 g/mol. The number of nitrogens with one attached hydrogen (secondary N) is 2. The molecule has 2 aromatic rings. The molecule has 0 spiro atoms. The molecule has 0 bridgehead atoms. The van der Waals surface area contributed by atoms with E-state index in [-0.39, 0.29) is 37.0 Å². The van der Waals surface area contributed by atoms with Crippen LogP contribution in [-0.2, 0) is 9.59 Å². The average molecular weight is 538 g/mol. The van der Waals surface area contributed by atoms with Crippen LogP contribution in [-0.4, -0.2) is 58.7 Å². The lowest BCUT2D eigenvalue weighted by atomic mass is 10.2. The minimum absolute atomic E-state index is 0. The molecule has 11 heteroatoms. The summed E-state index contributed by atoms with van der Waals surface area (Å²) in [7, 11) is 0. The number of rotatable bonds is 6. The first-order valence-electron chi connectivity index (χ1n) is 9.97. The van der Waals surface area contributed by atoms with Crippen molar-refractivity contribution in [3.63, 3.8) is 0 Å². The molecule has 0 radical (unpaired) electrons. The highest BCUT2D eigenvalue weighted by Gasteiger charge is 2.30. The van der Waals surface area contributed by atoms with Crippen molar-refractivity contribution in [2.45, 2.75) is 41.2 Å². The van der Waals surface area contributed by atoms with E-state index in [9.17, 15) is 9.59 Å². The highest BCUT2D eigenvalue weighted by molar-refractivity contribution is 8.00. The van der Waals surface area contributed by atoms with Gasteiger partial charge in [-0.05, 0) is 36.8 Å². The number of carboxylic acid groups (broad SMARTS) is 2. The molecule has 2 saturated heterocycles. The Labute approximate surface area is 214 Å². The minimum Gasteiger partial charge on any atom is -0.489 e. The second-order valence-corrected chi connectivity index (χ2v) is 9.13. The van der Waals surface area contributed by atoms with Crippen LogP contribution in [0.3, 0.4) is 0 Å². The van der Waals surface area contributed by atoms with Crippen molar-refractivity contribution in [2.24, 2.45) is 0 Å². The third-order valence-corrected chi connectivity index (χ3v) is 6.39. The maximum Gasteiger partial charge on any atom is 0.320 e. The van der Waals surface area contributed by atoms with Crippen LogP contribution in [0.25, 0.3) is 0 Å². The Balaban J connectivity index is 0.000000312. The zero-order valence-corrected chi connectivity index (χ0v) is 20.8. The molecule has 2 aromatic carbocycles. The standard InChI is InChI=1S/C11H12ClNO3.C11H13NO2S.2ClH/c12-7-2-1-3-8(4-7)16-9-5-10(11(14)15)13-6-9;13-11(14)10-6-9(7-12-10)15-8-4-2-1-3-5-8;;/h1-4,9-10,13H,5-6H2,(H,14,15);1-5,9-10,12H,6-7H2,(H,13,14);2*1H/t2*9?,10-;;/m00../s1. The van der Waals surface area contributed by atoms with Gasteiger partial charge >= 0.3 is 11.9 Å². The summed E-state index contributed by atoms with van der Waals surface area (Å²) in [4.78, 5) is 22.6. The third kappa shape index (κ3) is 9.60. The van der Waals surface area contributed by atoms with Crippen molar-refractivity contribution in [2.75, 3.05) is 13.1 Å². The van der Waals surface area contributed by atoms with E-state index in [0.717, 1.165) is 6.54 Å². The summed E-state index contributed by atoms with van der Waals surface area (Å²) in [6.07, 6.45) is 1.07. The van der Waals surface area contributed by atoms with Gasteiger partial charge in [0.2, 0.25) is 0 Å². The van der Waals surface area contributed by atoms with E-state index >= 15 is 0 Å². The molecule has 4 rings (SSSR count). The molecular weight excluding hydrogens is 511 g/mol. The lowest BCUT2D eigenvalue weighted by Gasteiger charge is -2.12. The van der Waals surface area contributed by atoms with Crippen molar-refractivity contribution in [1.82, 2.24) is 10.6 Å². The number of benzene rings is 2. The van der Waals surface area contributed by atoms with E-state index in [1.807, 2.05) is 18.2 Å². The van der Waals surface area contributed by atoms with E-state index in [2.05, 4.69) is 22.8 Å². The van der Waals surface area contributed by atoms with Crippen molar-refractivity contribution in [1.29, 1.82) is 0 Å². The molecule has 2 unspecified atom stereocenters. The number of thioether (sulfide) groups is 1. The molecule has 7 nitrogen and oxygen atoms in total. The summed E-state index contributed by atoms with van der Waals surface area (Å²) >= 11 is 7.57. The molecule has 0 amide bonds. The molecule has 182 valence electrons. The Kier molecular flexibility index (Phi) is 12.9. The molecule has 4 atom stereocenters. The topological polar surface area (TPSA) is 108 Å². The molecule has 2 aliphatic rings. The molecule has 33 heavy (non-hydrogen) atoms. The van der Waals surface area contributed by atoms with E-state index in [0.29, 0.717) is 35.4 Å². The predicted molar refractivity (Wildman–Crippen MR) is 135 cm³/mol. The second-order valence-electron chi connectivity index (χ2n) is 7.32. The number of aliphatic carboxylic acids is 2. The quantitative estimate of drug-likeness (QED) is 0.438. The predicted octanol–water partition coefficient (Wildman–Crippen LogP) is 3.97. The Morgan fingerprint density at radius 3 is 2.12 bits per heavy atom. The molecule has 0 saturated carbocycles. The Morgan fingerprint density at radius 2 is 1.55 bits per heavy atom. The summed E-state index contributed by atoms with van der Waals surface area (Å²) in [5.41, 5.74) is 0.